The van der Waals surface area contributed by atoms with Crippen LogP contribution in [0.2, 0.25) is 5.02 Å². The number of allylic oxidation sites excluding steroid dienone is 1. The number of hydrogen-bond acceptors (Lipinski definition) is 6. The van der Waals surface area contributed by atoms with E-state index in [4.69, 9.17) is 21.1 Å². The average molecular weight is 547 g/mol. The quantitative estimate of drug-likeness (QED) is 0.304. The molecule has 0 spiro atoms. The highest BCUT2D eigenvalue weighted by molar-refractivity contribution is 7.07. The number of rotatable bonds is 6. The lowest BCUT2D eigenvalue weighted by Crippen LogP contribution is -2.40. The van der Waals surface area contributed by atoms with Crippen LogP contribution in [0.4, 0.5) is 0 Å². The second kappa shape index (κ2) is 10.6. The van der Waals surface area contributed by atoms with E-state index < -0.39 is 12.0 Å². The highest BCUT2D eigenvalue weighted by Gasteiger charge is 2.34. The Balaban J connectivity index is 1.79. The van der Waals surface area contributed by atoms with Crippen molar-refractivity contribution in [3.05, 3.63) is 108 Å². The molecule has 1 aromatic heterocycles. The van der Waals surface area contributed by atoms with Crippen LogP contribution in [0.25, 0.3) is 16.8 Å². The Kier molecular flexibility index (Phi) is 7.23. The fourth-order valence-electron chi connectivity index (χ4n) is 4.69. The maximum Gasteiger partial charge on any atom is 0.338 e. The summed E-state index contributed by atoms with van der Waals surface area (Å²) in [6.45, 7) is 7.64. The van der Waals surface area contributed by atoms with Crippen molar-refractivity contribution in [2.75, 3.05) is 6.61 Å². The minimum atomic E-state index is -0.764. The number of aromatic nitrogens is 1. The molecule has 0 aliphatic carbocycles. The summed E-state index contributed by atoms with van der Waals surface area (Å²) in [5.74, 6) is 0.171. The van der Waals surface area contributed by atoms with Crippen LogP contribution in [0.5, 0.6) is 5.75 Å². The van der Waals surface area contributed by atoms with Gasteiger partial charge >= 0.3 is 5.97 Å². The third-order valence-corrected chi connectivity index (χ3v) is 7.61. The normalized spacial score (nSPS) is 15.5. The monoisotopic (exact) mass is 546 g/mol. The van der Waals surface area contributed by atoms with Gasteiger partial charge in [0.15, 0.2) is 4.80 Å². The predicted octanol–water partition coefficient (Wildman–Crippen LogP) is 5.39. The zero-order valence-electron chi connectivity index (χ0n) is 21.5. The van der Waals surface area contributed by atoms with Gasteiger partial charge in [-0.25, -0.2) is 9.79 Å². The summed E-state index contributed by atoms with van der Waals surface area (Å²) in [6, 6.07) is 18.4. The molecule has 0 N–H and O–H groups in total. The minimum absolute atomic E-state index is 0.0421. The molecule has 0 fully saturated rings. The molecule has 38 heavy (non-hydrogen) atoms. The van der Waals surface area contributed by atoms with Crippen molar-refractivity contribution >= 4 is 45.8 Å². The van der Waals surface area contributed by atoms with E-state index in [2.05, 4.69) is 4.99 Å². The minimum Gasteiger partial charge on any atom is -0.490 e. The maximum atomic E-state index is 14.0. The molecule has 1 aliphatic heterocycles. The molecule has 8 heteroatoms. The summed E-state index contributed by atoms with van der Waals surface area (Å²) in [4.78, 5) is 32.3. The first-order valence-corrected chi connectivity index (χ1v) is 13.6. The van der Waals surface area contributed by atoms with Gasteiger partial charge < -0.3 is 9.47 Å². The summed E-state index contributed by atoms with van der Waals surface area (Å²) in [6.07, 6.45) is 1.82. The molecule has 0 amide bonds. The Labute approximate surface area is 229 Å². The van der Waals surface area contributed by atoms with E-state index in [1.165, 1.54) is 11.3 Å². The Hall–Kier alpha value is -3.68. The van der Waals surface area contributed by atoms with E-state index in [-0.39, 0.29) is 18.3 Å². The summed E-state index contributed by atoms with van der Waals surface area (Å²) in [5, 5.41) is 2.46. The van der Waals surface area contributed by atoms with E-state index in [1.807, 2.05) is 74.5 Å². The molecule has 1 aliphatic rings. The van der Waals surface area contributed by atoms with Crippen LogP contribution in [-0.2, 0) is 9.53 Å². The molecule has 3 aromatic carbocycles. The topological polar surface area (TPSA) is 69.9 Å². The second-order valence-corrected chi connectivity index (χ2v) is 10.6. The molecule has 4 aromatic rings. The van der Waals surface area contributed by atoms with Gasteiger partial charge in [0.2, 0.25) is 0 Å². The molecule has 0 bridgehead atoms. The number of benzene rings is 3. The zero-order chi connectivity index (χ0) is 27.0. The van der Waals surface area contributed by atoms with Crippen LogP contribution in [-0.4, -0.2) is 23.2 Å². The van der Waals surface area contributed by atoms with Gasteiger partial charge in [0.05, 0.1) is 28.5 Å². The third-order valence-electron chi connectivity index (χ3n) is 6.29. The van der Waals surface area contributed by atoms with Crippen molar-refractivity contribution in [3.63, 3.8) is 0 Å². The van der Waals surface area contributed by atoms with E-state index in [9.17, 15) is 9.59 Å². The number of esters is 1. The second-order valence-electron chi connectivity index (χ2n) is 9.19. The summed E-state index contributed by atoms with van der Waals surface area (Å²) < 4.78 is 13.5. The van der Waals surface area contributed by atoms with Crippen molar-refractivity contribution < 1.29 is 14.3 Å². The largest absolute Gasteiger partial charge is 0.490 e. The standard InChI is InChI=1S/C30H27ClN2O4S/c1-5-36-29(35)26-18(4)32-30-33(27(26)21-12-8-9-13-23(21)31)28(34)25(38-30)16-22-20-11-7-6-10-19(20)14-15-24(22)37-17(2)3/h6-17,27H,5H2,1-4H3/b25-16-. The fraction of sp³-hybridized carbons (Fsp3) is 0.233. The van der Waals surface area contributed by atoms with Crippen molar-refractivity contribution in [2.24, 2.45) is 4.99 Å². The number of halogens is 1. The highest BCUT2D eigenvalue weighted by Crippen LogP contribution is 2.35. The first-order chi connectivity index (χ1) is 18.3. The van der Waals surface area contributed by atoms with Crippen molar-refractivity contribution in [3.8, 4) is 5.75 Å². The van der Waals surface area contributed by atoms with Crippen LogP contribution in [0.15, 0.2) is 81.7 Å². The van der Waals surface area contributed by atoms with Gasteiger partial charge in [0.25, 0.3) is 5.56 Å². The van der Waals surface area contributed by atoms with Crippen LogP contribution >= 0.6 is 22.9 Å². The number of ether oxygens (including phenoxy) is 2. The number of carbonyl (C=O) groups excluding carboxylic acids is 1. The van der Waals surface area contributed by atoms with E-state index in [0.717, 1.165) is 16.3 Å². The van der Waals surface area contributed by atoms with Crippen LogP contribution in [0.3, 0.4) is 0 Å². The van der Waals surface area contributed by atoms with Crippen LogP contribution in [0.1, 0.15) is 44.9 Å². The Morgan fingerprint density at radius 3 is 2.61 bits per heavy atom. The van der Waals surface area contributed by atoms with Crippen LogP contribution < -0.4 is 19.6 Å². The molecule has 0 saturated heterocycles. The van der Waals surface area contributed by atoms with E-state index in [1.54, 1.807) is 24.5 Å². The molecule has 1 atom stereocenters. The van der Waals surface area contributed by atoms with Gasteiger partial charge in [0, 0.05) is 10.6 Å². The zero-order valence-corrected chi connectivity index (χ0v) is 23.1. The molecule has 5 rings (SSSR count). The summed E-state index contributed by atoms with van der Waals surface area (Å²) in [7, 11) is 0. The Bertz CT molecular complexity index is 1770. The molecule has 2 heterocycles. The summed E-state index contributed by atoms with van der Waals surface area (Å²) >= 11 is 7.87. The van der Waals surface area contributed by atoms with Gasteiger partial charge in [-0.1, -0.05) is 71.5 Å². The van der Waals surface area contributed by atoms with Gasteiger partial charge in [0.1, 0.15) is 11.8 Å². The molecule has 6 nitrogen and oxygen atoms in total. The van der Waals surface area contributed by atoms with Crippen LogP contribution in [0, 0.1) is 0 Å². The maximum absolute atomic E-state index is 14.0. The molecule has 194 valence electrons. The first-order valence-electron chi connectivity index (χ1n) is 12.4. The molecule has 0 saturated carbocycles. The Morgan fingerprint density at radius 2 is 1.87 bits per heavy atom. The van der Waals surface area contributed by atoms with Gasteiger partial charge in [-0.2, -0.15) is 0 Å². The lowest BCUT2D eigenvalue weighted by molar-refractivity contribution is -0.139. The van der Waals surface area contributed by atoms with Crippen molar-refractivity contribution in [2.45, 2.75) is 39.8 Å². The van der Waals surface area contributed by atoms with E-state index >= 15 is 0 Å². The van der Waals surface area contributed by atoms with Crippen molar-refractivity contribution in [1.82, 2.24) is 4.57 Å². The smallest absolute Gasteiger partial charge is 0.338 e. The third kappa shape index (κ3) is 4.68. The van der Waals surface area contributed by atoms with Gasteiger partial charge in [-0.3, -0.25) is 9.36 Å². The molecule has 1 unspecified atom stereocenters. The molecular weight excluding hydrogens is 520 g/mol. The lowest BCUT2D eigenvalue weighted by atomic mass is 9.96. The number of carbonyl (C=O) groups is 1. The molecular formula is C30H27ClN2O4S. The Morgan fingerprint density at radius 1 is 1.13 bits per heavy atom. The lowest BCUT2D eigenvalue weighted by Gasteiger charge is -2.25. The van der Waals surface area contributed by atoms with Gasteiger partial charge in [-0.05, 0) is 62.2 Å². The number of hydrogen-bond donors (Lipinski definition) is 0. The van der Waals surface area contributed by atoms with Crippen molar-refractivity contribution in [1.29, 1.82) is 0 Å². The number of thiazole rings is 1. The molecule has 0 radical (unpaired) electrons. The SMILES string of the molecule is CCOC(=O)C1=C(C)N=c2s/c(=C\c3c(OC(C)C)ccc4ccccc34)c(=O)n2C1c1ccccc1Cl. The fourth-order valence-corrected chi connectivity index (χ4v) is 5.96. The number of nitrogens with zero attached hydrogens (tertiary/aromatic N) is 2. The van der Waals surface area contributed by atoms with E-state index in [0.29, 0.717) is 36.9 Å². The first kappa shape index (κ1) is 25.9. The number of fused-ring (bicyclic) bond motifs is 2. The predicted molar refractivity (Wildman–Crippen MR) is 152 cm³/mol. The van der Waals surface area contributed by atoms with Gasteiger partial charge in [-0.15, -0.1) is 0 Å². The average Bonchev–Trinajstić information content (AvgIpc) is 3.19. The highest BCUT2D eigenvalue weighted by atomic mass is 35.5. The summed E-state index contributed by atoms with van der Waals surface area (Å²) in [5.41, 5.74) is 1.98.